The van der Waals surface area contributed by atoms with Crippen molar-refractivity contribution in [2.45, 2.75) is 18.8 Å². The van der Waals surface area contributed by atoms with Gasteiger partial charge in [0.1, 0.15) is 0 Å². The van der Waals surface area contributed by atoms with Crippen LogP contribution in [-0.2, 0) is 0 Å². The highest BCUT2D eigenvalue weighted by molar-refractivity contribution is 6.28. The van der Waals surface area contributed by atoms with E-state index in [1.807, 2.05) is 0 Å². The van der Waals surface area contributed by atoms with Crippen molar-refractivity contribution in [3.8, 4) is 11.5 Å². The van der Waals surface area contributed by atoms with Crippen LogP contribution in [0.5, 0.6) is 0 Å². The van der Waals surface area contributed by atoms with Gasteiger partial charge < -0.3 is 4.57 Å². The third-order valence-corrected chi connectivity index (χ3v) is 11.4. The van der Waals surface area contributed by atoms with E-state index in [1.165, 1.54) is 49.3 Å². The van der Waals surface area contributed by atoms with E-state index in [4.69, 9.17) is 9.97 Å². The number of para-hydroxylation sites is 5. The molecular weight excluding hydrogens is 657 g/mol. The Morgan fingerprint density at radius 2 is 1.11 bits per heavy atom. The SMILES string of the molecule is C1=CC(C2C=CC(c3ccccc3)=CC2)=CC(c2nc3ccccc3nc2-n2c3ccccc3c3c4c5ccccc5n(-c5ccccc5)c4ccc32)C1. The van der Waals surface area contributed by atoms with Crippen LogP contribution in [0.2, 0.25) is 0 Å². The lowest BCUT2D eigenvalue weighted by molar-refractivity contribution is 0.733. The van der Waals surface area contributed by atoms with Gasteiger partial charge in [0.15, 0.2) is 5.82 Å². The summed E-state index contributed by atoms with van der Waals surface area (Å²) in [7, 11) is 0. The van der Waals surface area contributed by atoms with Crippen LogP contribution in [-0.4, -0.2) is 19.1 Å². The summed E-state index contributed by atoms with van der Waals surface area (Å²) in [5.74, 6) is 1.29. The second-order valence-electron chi connectivity index (χ2n) is 14.5. The number of allylic oxidation sites excluding steroid dienone is 8. The van der Waals surface area contributed by atoms with Gasteiger partial charge in [0, 0.05) is 39.1 Å². The number of fused-ring (bicyclic) bond motifs is 8. The molecule has 0 bridgehead atoms. The van der Waals surface area contributed by atoms with Crippen LogP contribution in [0.15, 0.2) is 188 Å². The van der Waals surface area contributed by atoms with Crippen molar-refractivity contribution in [2.75, 3.05) is 0 Å². The van der Waals surface area contributed by atoms with Gasteiger partial charge in [-0.05, 0) is 78.1 Å². The van der Waals surface area contributed by atoms with Gasteiger partial charge in [-0.2, -0.15) is 0 Å². The van der Waals surface area contributed by atoms with Crippen molar-refractivity contribution < 1.29 is 0 Å². The molecule has 2 aliphatic rings. The first kappa shape index (κ1) is 30.8. The summed E-state index contributed by atoms with van der Waals surface area (Å²) in [4.78, 5) is 10.9. The van der Waals surface area contributed by atoms with Crippen LogP contribution in [0, 0.1) is 5.92 Å². The van der Waals surface area contributed by atoms with E-state index in [1.54, 1.807) is 0 Å². The minimum absolute atomic E-state index is 0.0740. The number of nitrogens with zero attached hydrogens (tertiary/aromatic N) is 4. The molecule has 2 atom stereocenters. The van der Waals surface area contributed by atoms with Crippen LogP contribution in [0.3, 0.4) is 0 Å². The number of rotatable bonds is 5. The lowest BCUT2D eigenvalue weighted by Gasteiger charge is -2.24. The standard InChI is InChI=1S/C50H36N4/c1-3-14-33(15-4-1)34-26-28-35(29-27-34)36-16-13-17-37(32-36)49-50(52-42-23-10-9-22-41(42)51-49)54-44-25-12-8-21-40(44)48-46(54)31-30-45-47(48)39-20-7-11-24-43(39)53(45)38-18-5-2-6-19-38/h1-16,18-28,30-32,35,37H,17,29H2. The lowest BCUT2D eigenvalue weighted by Crippen LogP contribution is -2.13. The van der Waals surface area contributed by atoms with E-state index < -0.39 is 0 Å². The Balaban J connectivity index is 1.12. The Morgan fingerprint density at radius 3 is 1.81 bits per heavy atom. The molecule has 3 aromatic heterocycles. The maximum Gasteiger partial charge on any atom is 0.160 e. The predicted octanol–water partition coefficient (Wildman–Crippen LogP) is 12.5. The summed E-state index contributed by atoms with van der Waals surface area (Å²) in [6.45, 7) is 0. The molecule has 256 valence electrons. The minimum atomic E-state index is 0.0740. The average Bonchev–Trinajstić information content (AvgIpc) is 3.77. The summed E-state index contributed by atoms with van der Waals surface area (Å²) in [5.41, 5.74) is 12.5. The number of hydrogen-bond donors (Lipinski definition) is 0. The average molecular weight is 693 g/mol. The second-order valence-corrected chi connectivity index (χ2v) is 14.5. The first-order chi connectivity index (χ1) is 26.8. The molecule has 4 heteroatoms. The quantitative estimate of drug-likeness (QED) is 0.180. The molecule has 0 saturated heterocycles. The van der Waals surface area contributed by atoms with E-state index in [2.05, 4.69) is 191 Å². The third kappa shape index (κ3) is 4.84. The molecule has 6 aromatic carbocycles. The van der Waals surface area contributed by atoms with E-state index in [9.17, 15) is 0 Å². The molecule has 0 aliphatic heterocycles. The van der Waals surface area contributed by atoms with Crippen molar-refractivity contribution >= 4 is 60.2 Å². The molecule has 0 spiro atoms. The molecule has 0 radical (unpaired) electrons. The van der Waals surface area contributed by atoms with Crippen molar-refractivity contribution in [1.29, 1.82) is 0 Å². The van der Waals surface area contributed by atoms with Crippen LogP contribution in [0.25, 0.3) is 71.7 Å². The van der Waals surface area contributed by atoms with Gasteiger partial charge >= 0.3 is 0 Å². The zero-order chi connectivity index (χ0) is 35.6. The minimum Gasteiger partial charge on any atom is -0.309 e. The predicted molar refractivity (Wildman–Crippen MR) is 224 cm³/mol. The highest BCUT2D eigenvalue weighted by Gasteiger charge is 2.27. The summed E-state index contributed by atoms with van der Waals surface area (Å²) in [6.07, 6.45) is 16.0. The molecule has 0 amide bonds. The van der Waals surface area contributed by atoms with Crippen molar-refractivity contribution in [1.82, 2.24) is 19.1 Å². The summed E-state index contributed by atoms with van der Waals surface area (Å²) in [5, 5.41) is 4.95. The van der Waals surface area contributed by atoms with E-state index in [0.29, 0.717) is 5.92 Å². The van der Waals surface area contributed by atoms with Crippen LogP contribution in [0.4, 0.5) is 0 Å². The van der Waals surface area contributed by atoms with Gasteiger partial charge in [-0.1, -0.05) is 134 Å². The van der Waals surface area contributed by atoms with E-state index >= 15 is 0 Å². The number of benzene rings is 6. The fourth-order valence-electron chi connectivity index (χ4n) is 8.88. The topological polar surface area (TPSA) is 35.6 Å². The zero-order valence-corrected chi connectivity index (χ0v) is 29.7. The monoisotopic (exact) mass is 692 g/mol. The van der Waals surface area contributed by atoms with Crippen molar-refractivity contribution in [3.05, 3.63) is 199 Å². The number of hydrogen-bond acceptors (Lipinski definition) is 2. The first-order valence-corrected chi connectivity index (χ1v) is 18.9. The second kappa shape index (κ2) is 12.4. The maximum absolute atomic E-state index is 5.49. The number of aromatic nitrogens is 4. The van der Waals surface area contributed by atoms with Crippen LogP contribution in [0.1, 0.15) is 30.0 Å². The van der Waals surface area contributed by atoms with Gasteiger partial charge in [0.2, 0.25) is 0 Å². The van der Waals surface area contributed by atoms with Gasteiger partial charge in [0.25, 0.3) is 0 Å². The first-order valence-electron chi connectivity index (χ1n) is 18.9. The normalized spacial score (nSPS) is 17.2. The Labute approximate surface area is 313 Å². The Morgan fingerprint density at radius 1 is 0.500 bits per heavy atom. The molecule has 4 nitrogen and oxygen atoms in total. The maximum atomic E-state index is 5.49. The van der Waals surface area contributed by atoms with Crippen molar-refractivity contribution in [2.24, 2.45) is 5.92 Å². The molecule has 9 aromatic rings. The van der Waals surface area contributed by atoms with Crippen LogP contribution >= 0.6 is 0 Å². The van der Waals surface area contributed by atoms with E-state index in [-0.39, 0.29) is 5.92 Å². The fraction of sp³-hybridized carbons (Fsp3) is 0.0800. The highest BCUT2D eigenvalue weighted by atomic mass is 15.1. The third-order valence-electron chi connectivity index (χ3n) is 11.4. The summed E-state index contributed by atoms with van der Waals surface area (Å²) >= 11 is 0. The smallest absolute Gasteiger partial charge is 0.160 e. The molecule has 3 heterocycles. The largest absolute Gasteiger partial charge is 0.309 e. The van der Waals surface area contributed by atoms with Gasteiger partial charge in [-0.15, -0.1) is 0 Å². The molecule has 2 unspecified atom stereocenters. The summed E-state index contributed by atoms with van der Waals surface area (Å²) in [6, 6.07) is 51.8. The molecule has 54 heavy (non-hydrogen) atoms. The Kier molecular flexibility index (Phi) is 7.09. The fourth-order valence-corrected chi connectivity index (χ4v) is 8.88. The molecular formula is C50H36N4. The molecule has 2 aliphatic carbocycles. The Bertz CT molecular complexity index is 3050. The van der Waals surface area contributed by atoms with Gasteiger partial charge in [0.05, 0.1) is 38.8 Å². The van der Waals surface area contributed by atoms with Crippen LogP contribution < -0.4 is 0 Å². The van der Waals surface area contributed by atoms with Crippen molar-refractivity contribution in [3.63, 3.8) is 0 Å². The van der Waals surface area contributed by atoms with E-state index in [0.717, 1.165) is 52.1 Å². The molecule has 0 saturated carbocycles. The summed E-state index contributed by atoms with van der Waals surface area (Å²) < 4.78 is 4.78. The zero-order valence-electron chi connectivity index (χ0n) is 29.7. The van der Waals surface area contributed by atoms with Gasteiger partial charge in [-0.3, -0.25) is 4.57 Å². The molecule has 0 fully saturated rings. The lowest BCUT2D eigenvalue weighted by atomic mass is 9.82. The van der Waals surface area contributed by atoms with Gasteiger partial charge in [-0.25, -0.2) is 9.97 Å². The molecule has 0 N–H and O–H groups in total. The highest BCUT2D eigenvalue weighted by Crippen LogP contribution is 2.44. The molecule has 11 rings (SSSR count). The Hall–Kier alpha value is -6.78.